The van der Waals surface area contributed by atoms with Crippen LogP contribution in [0.2, 0.25) is 0 Å². The number of para-hydroxylation sites is 3. The average molecular weight is 339 g/mol. The molecule has 3 rings (SSSR count). The van der Waals surface area contributed by atoms with Gasteiger partial charge in [0.2, 0.25) is 0 Å². The number of hydrogen-bond donors (Lipinski definition) is 2. The number of hydrogen-bond acceptors (Lipinski definition) is 2. The molecule has 0 bridgehead atoms. The maximum Gasteiger partial charge on any atom is 0.279 e. The van der Waals surface area contributed by atoms with E-state index in [4.69, 9.17) is 4.74 Å². The van der Waals surface area contributed by atoms with E-state index in [0.717, 1.165) is 5.75 Å². The number of benzene rings is 2. The molecule has 2 aromatic rings. The molecule has 1 amide bonds. The van der Waals surface area contributed by atoms with E-state index in [1.54, 1.807) is 0 Å². The molecule has 1 saturated carbocycles. The monoisotopic (exact) mass is 339 g/mol. The van der Waals surface area contributed by atoms with E-state index in [1.165, 1.54) is 25.7 Å². The summed E-state index contributed by atoms with van der Waals surface area (Å²) in [6, 6.07) is 17.7. The van der Waals surface area contributed by atoms with E-state index in [-0.39, 0.29) is 5.91 Å². The SMILES string of the molecule is C[C@@H]1CCCC[C@H]1[NH2+]CC(=O)Nc1ccccc1Oc1ccccc1. The third-order valence-corrected chi connectivity index (χ3v) is 4.92. The van der Waals surface area contributed by atoms with Crippen LogP contribution in [0.4, 0.5) is 5.69 Å². The van der Waals surface area contributed by atoms with Gasteiger partial charge in [0.25, 0.3) is 5.91 Å². The van der Waals surface area contributed by atoms with Crippen molar-refractivity contribution in [3.63, 3.8) is 0 Å². The minimum atomic E-state index is 0.0156. The Balaban J connectivity index is 1.57. The number of nitrogens with one attached hydrogen (secondary N) is 1. The lowest BCUT2D eigenvalue weighted by molar-refractivity contribution is -0.687. The summed E-state index contributed by atoms with van der Waals surface area (Å²) in [4.78, 5) is 12.4. The highest BCUT2D eigenvalue weighted by Crippen LogP contribution is 2.29. The van der Waals surface area contributed by atoms with Gasteiger partial charge in [0, 0.05) is 5.92 Å². The van der Waals surface area contributed by atoms with Crippen LogP contribution in [-0.2, 0) is 4.79 Å². The quantitative estimate of drug-likeness (QED) is 0.845. The number of rotatable bonds is 6. The summed E-state index contributed by atoms with van der Waals surface area (Å²) in [5.41, 5.74) is 0.710. The Kier molecular flexibility index (Phi) is 6.07. The lowest BCUT2D eigenvalue weighted by atomic mass is 9.86. The van der Waals surface area contributed by atoms with E-state index >= 15 is 0 Å². The number of amides is 1. The van der Waals surface area contributed by atoms with Crippen molar-refractivity contribution >= 4 is 11.6 Å². The van der Waals surface area contributed by atoms with Crippen molar-refractivity contribution in [2.45, 2.75) is 38.6 Å². The number of carbonyl (C=O) groups excluding carboxylic acids is 1. The van der Waals surface area contributed by atoms with Crippen molar-refractivity contribution in [3.05, 3.63) is 54.6 Å². The summed E-state index contributed by atoms with van der Waals surface area (Å²) in [5.74, 6) is 2.12. The summed E-state index contributed by atoms with van der Waals surface area (Å²) in [5, 5.41) is 5.18. The van der Waals surface area contributed by atoms with Gasteiger partial charge in [-0.1, -0.05) is 43.7 Å². The molecule has 0 unspecified atom stereocenters. The first-order chi connectivity index (χ1) is 12.2. The molecule has 0 aromatic heterocycles. The first-order valence-corrected chi connectivity index (χ1v) is 9.17. The predicted octanol–water partition coefficient (Wildman–Crippen LogP) is 3.56. The molecule has 1 aliphatic carbocycles. The number of carbonyl (C=O) groups is 1. The molecule has 25 heavy (non-hydrogen) atoms. The van der Waals surface area contributed by atoms with Gasteiger partial charge in [0.15, 0.2) is 12.3 Å². The first kappa shape index (κ1) is 17.5. The van der Waals surface area contributed by atoms with E-state index in [1.807, 2.05) is 54.6 Å². The molecule has 3 N–H and O–H groups in total. The van der Waals surface area contributed by atoms with Gasteiger partial charge >= 0.3 is 0 Å². The highest BCUT2D eigenvalue weighted by atomic mass is 16.5. The lowest BCUT2D eigenvalue weighted by Gasteiger charge is -2.26. The van der Waals surface area contributed by atoms with Crippen molar-refractivity contribution < 1.29 is 14.8 Å². The zero-order chi connectivity index (χ0) is 17.5. The first-order valence-electron chi connectivity index (χ1n) is 9.17. The van der Waals surface area contributed by atoms with Crippen molar-refractivity contribution in [1.29, 1.82) is 0 Å². The van der Waals surface area contributed by atoms with Gasteiger partial charge in [-0.3, -0.25) is 4.79 Å². The molecule has 0 heterocycles. The summed E-state index contributed by atoms with van der Waals surface area (Å²) in [7, 11) is 0. The molecule has 0 aliphatic heterocycles. The maximum absolute atomic E-state index is 12.4. The Morgan fingerprint density at radius 3 is 2.60 bits per heavy atom. The van der Waals surface area contributed by atoms with Crippen LogP contribution in [0.3, 0.4) is 0 Å². The Hall–Kier alpha value is -2.33. The van der Waals surface area contributed by atoms with Crippen LogP contribution in [0.15, 0.2) is 54.6 Å². The normalized spacial score (nSPS) is 20.0. The van der Waals surface area contributed by atoms with Crippen LogP contribution in [0.5, 0.6) is 11.5 Å². The Morgan fingerprint density at radius 1 is 1.08 bits per heavy atom. The summed E-state index contributed by atoms with van der Waals surface area (Å²) in [6.45, 7) is 2.75. The van der Waals surface area contributed by atoms with Gasteiger partial charge in [-0.15, -0.1) is 0 Å². The molecule has 2 aromatic carbocycles. The maximum atomic E-state index is 12.4. The smallest absolute Gasteiger partial charge is 0.279 e. The van der Waals surface area contributed by atoms with Crippen molar-refractivity contribution in [2.75, 3.05) is 11.9 Å². The number of quaternary nitrogens is 1. The Bertz CT molecular complexity index is 687. The third kappa shape index (κ3) is 5.07. The fourth-order valence-electron chi connectivity index (χ4n) is 3.43. The molecular weight excluding hydrogens is 312 g/mol. The number of ether oxygens (including phenoxy) is 1. The van der Waals surface area contributed by atoms with Gasteiger partial charge in [-0.25, -0.2) is 0 Å². The number of nitrogens with two attached hydrogens (primary N) is 1. The van der Waals surface area contributed by atoms with Gasteiger partial charge < -0.3 is 15.4 Å². The average Bonchev–Trinajstić information content (AvgIpc) is 2.64. The van der Waals surface area contributed by atoms with E-state index in [9.17, 15) is 4.79 Å². The molecule has 4 nitrogen and oxygen atoms in total. The van der Waals surface area contributed by atoms with Crippen LogP contribution in [0, 0.1) is 5.92 Å². The molecule has 0 radical (unpaired) electrons. The van der Waals surface area contributed by atoms with Crippen LogP contribution in [0.25, 0.3) is 0 Å². The molecule has 0 spiro atoms. The van der Waals surface area contributed by atoms with Crippen molar-refractivity contribution in [2.24, 2.45) is 5.92 Å². The van der Waals surface area contributed by atoms with Crippen LogP contribution >= 0.6 is 0 Å². The second-order valence-corrected chi connectivity index (χ2v) is 6.82. The summed E-state index contributed by atoms with van der Waals surface area (Å²) >= 11 is 0. The van der Waals surface area contributed by atoms with Crippen LogP contribution < -0.4 is 15.4 Å². The summed E-state index contributed by atoms with van der Waals surface area (Å²) in [6.07, 6.45) is 5.08. The fraction of sp³-hybridized carbons (Fsp3) is 0.381. The molecule has 4 heteroatoms. The topological polar surface area (TPSA) is 54.9 Å². The van der Waals surface area contributed by atoms with E-state index in [2.05, 4.69) is 17.6 Å². The highest BCUT2D eigenvalue weighted by Gasteiger charge is 2.24. The highest BCUT2D eigenvalue weighted by molar-refractivity contribution is 5.92. The molecular formula is C21H27N2O2+. The van der Waals surface area contributed by atoms with Gasteiger partial charge in [-0.05, 0) is 43.5 Å². The molecule has 1 fully saturated rings. The largest absolute Gasteiger partial charge is 0.455 e. The minimum absolute atomic E-state index is 0.0156. The minimum Gasteiger partial charge on any atom is -0.455 e. The van der Waals surface area contributed by atoms with E-state index in [0.29, 0.717) is 29.9 Å². The van der Waals surface area contributed by atoms with Gasteiger partial charge in [-0.2, -0.15) is 0 Å². The molecule has 0 saturated heterocycles. The summed E-state index contributed by atoms with van der Waals surface area (Å²) < 4.78 is 5.90. The second-order valence-electron chi connectivity index (χ2n) is 6.82. The molecule has 1 aliphatic rings. The number of anilines is 1. The standard InChI is InChI=1S/C21H26N2O2/c1-16-9-5-6-12-18(16)22-15-21(24)23-19-13-7-8-14-20(19)25-17-10-3-2-4-11-17/h2-4,7-8,10-11,13-14,16,18,22H,5-6,9,12,15H2,1H3,(H,23,24)/p+1/t16-,18-/m1/s1. The zero-order valence-corrected chi connectivity index (χ0v) is 14.8. The van der Waals surface area contributed by atoms with Gasteiger partial charge in [0.05, 0.1) is 11.7 Å². The zero-order valence-electron chi connectivity index (χ0n) is 14.8. The lowest BCUT2D eigenvalue weighted by Crippen LogP contribution is -2.93. The van der Waals surface area contributed by atoms with E-state index < -0.39 is 0 Å². The van der Waals surface area contributed by atoms with Crippen molar-refractivity contribution in [1.82, 2.24) is 0 Å². The fourth-order valence-corrected chi connectivity index (χ4v) is 3.43. The Labute approximate surface area is 149 Å². The second kappa shape index (κ2) is 8.67. The molecule has 132 valence electrons. The third-order valence-electron chi connectivity index (χ3n) is 4.92. The predicted molar refractivity (Wildman–Crippen MR) is 99.8 cm³/mol. The molecule has 2 atom stereocenters. The van der Waals surface area contributed by atoms with Gasteiger partial charge in [0.1, 0.15) is 5.75 Å². The van der Waals surface area contributed by atoms with Crippen molar-refractivity contribution in [3.8, 4) is 11.5 Å². The Morgan fingerprint density at radius 2 is 1.80 bits per heavy atom. The van der Waals surface area contributed by atoms with Crippen LogP contribution in [-0.4, -0.2) is 18.5 Å². The van der Waals surface area contributed by atoms with Crippen LogP contribution in [0.1, 0.15) is 32.6 Å².